The summed E-state index contributed by atoms with van der Waals surface area (Å²) in [4.78, 5) is 0. The van der Waals surface area contributed by atoms with Gasteiger partial charge in [-0.3, -0.25) is 0 Å². The molecule has 2 aromatic heterocycles. The second kappa shape index (κ2) is 23.8. The molecule has 0 unspecified atom stereocenters. The molecule has 2 heteroatoms. The second-order valence-corrected chi connectivity index (χ2v) is 26.4. The predicted octanol–water partition coefficient (Wildman–Crippen LogP) is 25.6. The van der Waals surface area contributed by atoms with Crippen LogP contribution in [0.5, 0.6) is 0 Å². The molecule has 462 valence electrons. The minimum atomic E-state index is -0.563. The molecule has 19 rings (SSSR count). The van der Waals surface area contributed by atoms with Crippen LogP contribution in [0.3, 0.4) is 0 Å². The van der Waals surface area contributed by atoms with Gasteiger partial charge in [0.25, 0.3) is 0 Å². The highest BCUT2D eigenvalue weighted by molar-refractivity contribution is 6.12. The van der Waals surface area contributed by atoms with E-state index >= 15 is 0 Å². The lowest BCUT2D eigenvalue weighted by Crippen LogP contribution is -2.28. The molecule has 99 heavy (non-hydrogen) atoms. The molecule has 0 radical (unpaired) electrons. The number of benzene rings is 16. The molecule has 0 saturated carbocycles. The summed E-state index contributed by atoms with van der Waals surface area (Å²) in [6.45, 7) is 0. The van der Waals surface area contributed by atoms with E-state index in [1.165, 1.54) is 154 Å². The van der Waals surface area contributed by atoms with Gasteiger partial charge in [-0.1, -0.05) is 315 Å². The fourth-order valence-electron chi connectivity index (χ4n) is 15.9. The molecule has 18 aromatic rings. The van der Waals surface area contributed by atoms with Crippen LogP contribution in [0.25, 0.3) is 156 Å². The van der Waals surface area contributed by atoms with Crippen LogP contribution >= 0.6 is 0 Å². The third kappa shape index (κ3) is 9.95. The largest absolute Gasteiger partial charge is 0.309 e. The lowest BCUT2D eigenvalue weighted by Gasteiger charge is -2.34. The summed E-state index contributed by atoms with van der Waals surface area (Å²) in [7, 11) is 0. The van der Waals surface area contributed by atoms with Gasteiger partial charge in [-0.25, -0.2) is 0 Å². The first-order valence-electron chi connectivity index (χ1n) is 34.3. The van der Waals surface area contributed by atoms with Crippen molar-refractivity contribution in [3.63, 3.8) is 0 Å². The average molecular weight is 1260 g/mol. The van der Waals surface area contributed by atoms with Crippen molar-refractivity contribution >= 4 is 89.5 Å². The van der Waals surface area contributed by atoms with Crippen molar-refractivity contribution in [2.75, 3.05) is 0 Å². The maximum atomic E-state index is 2.46. The summed E-state index contributed by atoms with van der Waals surface area (Å²) in [5.74, 6) is 0. The summed E-state index contributed by atoms with van der Waals surface area (Å²) < 4.78 is 4.80. The Labute approximate surface area is 575 Å². The fourth-order valence-corrected chi connectivity index (χ4v) is 15.9. The van der Waals surface area contributed by atoms with E-state index in [4.69, 9.17) is 0 Å². The molecule has 0 amide bonds. The van der Waals surface area contributed by atoms with E-state index in [9.17, 15) is 0 Å². The summed E-state index contributed by atoms with van der Waals surface area (Å²) in [5.41, 5.74) is 28.4. The van der Waals surface area contributed by atoms with Crippen LogP contribution in [-0.2, 0) is 5.41 Å². The van der Waals surface area contributed by atoms with Gasteiger partial charge in [0.2, 0.25) is 0 Å². The first kappa shape index (κ1) is 57.6. The van der Waals surface area contributed by atoms with Crippen LogP contribution in [0, 0.1) is 0 Å². The van der Waals surface area contributed by atoms with Crippen LogP contribution in [0.2, 0.25) is 0 Å². The highest BCUT2D eigenvalue weighted by Crippen LogP contribution is 2.57. The van der Waals surface area contributed by atoms with E-state index in [0.29, 0.717) is 0 Å². The summed E-state index contributed by atoms with van der Waals surface area (Å²) in [6, 6.07) is 135. The number of nitrogens with zero attached hydrogens (tertiary/aromatic N) is 2. The number of hydrogen-bond acceptors (Lipinski definition) is 0. The minimum Gasteiger partial charge on any atom is -0.309 e. The molecular weight excluding hydrogens is 1190 g/mol. The SMILES string of the molecule is C(=C\c1ccc(-c2ccc3c(c2)c2ccccc2n3-c2ccc3ccccc3c2)cc1)/c1ccc(-c2ccc3c(c2)C(c2ccccc2)(c2ccccc2)c2cc(-c4ccc(/C=C/c5ccc(-c6ccc7c(c6)c6ccccc6n7-c6ccc7ccccc7c6)cc5)cc4)ccc2-3)cc1. The standard InChI is InChI=1S/C97H64N2/c1-3-19-81(20-4-1)97(82-21-5-2-6-22-82)91-63-79(73-43-35-67(36-44-73)29-27-65-31-39-71(40-32-65)77-51-57-95-89(61-77)87-23-11-13-25-93(87)98(95)83-53-47-69-15-7-9-17-75(69)59-83)49-55-85(91)86-56-50-80(64-92(86)97)74-45-37-68(38-46-74)30-28-66-33-41-72(42-34-66)78-52-58-96-90(62-78)88-24-12-14-26-94(88)99(96)84-54-48-70-16-8-10-18-76(70)60-84/h1-64H/b29-27+,30-28+. The second-order valence-electron chi connectivity index (χ2n) is 26.4. The maximum absolute atomic E-state index is 2.46. The quantitative estimate of drug-likeness (QED) is 0.108. The molecule has 2 heterocycles. The number of rotatable bonds is 12. The Balaban J connectivity index is 0.573. The Morgan fingerprint density at radius 3 is 0.889 bits per heavy atom. The Morgan fingerprint density at radius 1 is 0.202 bits per heavy atom. The van der Waals surface area contributed by atoms with Crippen LogP contribution < -0.4 is 0 Å². The summed E-state index contributed by atoms with van der Waals surface area (Å²) in [6.07, 6.45) is 8.88. The molecule has 0 saturated heterocycles. The van der Waals surface area contributed by atoms with Crippen molar-refractivity contribution in [2.24, 2.45) is 0 Å². The molecule has 1 aliphatic carbocycles. The van der Waals surface area contributed by atoms with Crippen molar-refractivity contribution in [1.82, 2.24) is 9.13 Å². The monoisotopic (exact) mass is 1260 g/mol. The topological polar surface area (TPSA) is 9.86 Å². The van der Waals surface area contributed by atoms with Crippen LogP contribution in [-0.4, -0.2) is 9.13 Å². The van der Waals surface area contributed by atoms with E-state index in [2.05, 4.69) is 397 Å². The van der Waals surface area contributed by atoms with E-state index in [1.54, 1.807) is 0 Å². The Bertz CT molecular complexity index is 5840. The number of hydrogen-bond donors (Lipinski definition) is 0. The summed E-state index contributed by atoms with van der Waals surface area (Å²) in [5, 5.41) is 9.98. The van der Waals surface area contributed by atoms with E-state index in [0.717, 1.165) is 22.3 Å². The fraction of sp³-hybridized carbons (Fsp3) is 0.0103. The smallest absolute Gasteiger partial charge is 0.0713 e. The summed E-state index contributed by atoms with van der Waals surface area (Å²) >= 11 is 0. The van der Waals surface area contributed by atoms with Crippen LogP contribution in [0.1, 0.15) is 44.5 Å². The molecule has 0 fully saturated rings. The molecule has 1 aliphatic rings. The van der Waals surface area contributed by atoms with Crippen molar-refractivity contribution in [1.29, 1.82) is 0 Å². The molecule has 0 atom stereocenters. The molecular formula is C97H64N2. The maximum Gasteiger partial charge on any atom is 0.0713 e. The minimum absolute atomic E-state index is 0.563. The first-order chi connectivity index (χ1) is 49.0. The van der Waals surface area contributed by atoms with Gasteiger partial charge in [-0.15, -0.1) is 0 Å². The van der Waals surface area contributed by atoms with Gasteiger partial charge in [0.05, 0.1) is 27.5 Å². The van der Waals surface area contributed by atoms with Gasteiger partial charge < -0.3 is 9.13 Å². The Morgan fingerprint density at radius 2 is 0.505 bits per heavy atom. The van der Waals surface area contributed by atoms with Crippen LogP contribution in [0.4, 0.5) is 0 Å². The predicted molar refractivity (Wildman–Crippen MR) is 420 cm³/mol. The van der Waals surface area contributed by atoms with Crippen molar-refractivity contribution in [2.45, 2.75) is 5.41 Å². The van der Waals surface area contributed by atoms with Gasteiger partial charge in [0, 0.05) is 32.9 Å². The molecule has 0 aliphatic heterocycles. The molecule has 0 N–H and O–H groups in total. The highest BCUT2D eigenvalue weighted by atomic mass is 15.0. The van der Waals surface area contributed by atoms with Gasteiger partial charge in [-0.05, 0) is 194 Å². The van der Waals surface area contributed by atoms with E-state index in [1.807, 2.05) is 0 Å². The molecule has 2 nitrogen and oxygen atoms in total. The van der Waals surface area contributed by atoms with Crippen molar-refractivity contribution in [3.8, 4) is 67.0 Å². The first-order valence-corrected chi connectivity index (χ1v) is 34.3. The zero-order valence-corrected chi connectivity index (χ0v) is 54.3. The molecule has 16 aromatic carbocycles. The van der Waals surface area contributed by atoms with Gasteiger partial charge in [0.1, 0.15) is 0 Å². The molecule has 0 spiro atoms. The average Bonchev–Trinajstić information content (AvgIpc) is 1.55. The van der Waals surface area contributed by atoms with Gasteiger partial charge in [0.15, 0.2) is 0 Å². The Hall–Kier alpha value is -12.9. The van der Waals surface area contributed by atoms with E-state index < -0.39 is 5.41 Å². The zero-order valence-electron chi connectivity index (χ0n) is 54.3. The van der Waals surface area contributed by atoms with Crippen LogP contribution in [0.15, 0.2) is 364 Å². The van der Waals surface area contributed by atoms with E-state index in [-0.39, 0.29) is 0 Å². The number of para-hydroxylation sites is 2. The third-order valence-corrected chi connectivity index (χ3v) is 20.8. The number of aromatic nitrogens is 2. The lowest BCUT2D eigenvalue weighted by atomic mass is 9.67. The Kier molecular flexibility index (Phi) is 13.8. The van der Waals surface area contributed by atoms with Gasteiger partial charge in [-0.2, -0.15) is 0 Å². The van der Waals surface area contributed by atoms with Gasteiger partial charge >= 0.3 is 0 Å². The lowest BCUT2D eigenvalue weighted by molar-refractivity contribution is 0.769. The third-order valence-electron chi connectivity index (χ3n) is 20.8. The zero-order chi connectivity index (χ0) is 65.4. The number of fused-ring (bicyclic) bond motifs is 11. The highest BCUT2D eigenvalue weighted by Gasteiger charge is 2.46. The molecule has 0 bridgehead atoms. The van der Waals surface area contributed by atoms with Crippen molar-refractivity contribution < 1.29 is 0 Å². The van der Waals surface area contributed by atoms with Crippen molar-refractivity contribution in [3.05, 3.63) is 408 Å². The normalized spacial score (nSPS) is 12.6.